The van der Waals surface area contributed by atoms with Gasteiger partial charge in [0.1, 0.15) is 11.6 Å². The summed E-state index contributed by atoms with van der Waals surface area (Å²) in [4.78, 5) is 11.3. The van der Waals surface area contributed by atoms with Crippen molar-refractivity contribution in [1.82, 2.24) is 30.3 Å². The zero-order valence-electron chi connectivity index (χ0n) is 16.1. The number of nitrogens with one attached hydrogen (secondary N) is 2. The number of rotatable bonds is 5. The van der Waals surface area contributed by atoms with E-state index in [-0.39, 0.29) is 24.0 Å². The van der Waals surface area contributed by atoms with E-state index in [0.717, 1.165) is 76.4 Å². The molecule has 2 aliphatic heterocycles. The largest absolute Gasteiger partial charge is 0.379 e. The molecule has 9 heteroatoms. The third-order valence-electron chi connectivity index (χ3n) is 4.82. The molecule has 1 aromatic heterocycles. The third kappa shape index (κ3) is 6.05. The lowest BCUT2D eigenvalue weighted by atomic mass is 10.1. The lowest BCUT2D eigenvalue weighted by Crippen LogP contribution is -2.49. The molecule has 0 bridgehead atoms. The number of aromatic nitrogens is 3. The van der Waals surface area contributed by atoms with E-state index in [1.54, 1.807) is 0 Å². The van der Waals surface area contributed by atoms with Gasteiger partial charge in [-0.3, -0.25) is 9.89 Å². The summed E-state index contributed by atoms with van der Waals surface area (Å²) in [6, 6.07) is 0.342. The maximum absolute atomic E-state index is 5.41. The maximum atomic E-state index is 5.41. The molecule has 1 aromatic rings. The SMILES string of the molecule is CN=C(NCC(C)CN1CCOCC1)NC1CCc2nc(C)nn2C1.I. The van der Waals surface area contributed by atoms with E-state index in [9.17, 15) is 0 Å². The van der Waals surface area contributed by atoms with Crippen LogP contribution < -0.4 is 10.6 Å². The zero-order chi connectivity index (χ0) is 17.6. The molecule has 148 valence electrons. The van der Waals surface area contributed by atoms with Crippen LogP contribution in [0.4, 0.5) is 0 Å². The van der Waals surface area contributed by atoms with Crippen LogP contribution in [0.25, 0.3) is 0 Å². The Bertz CT molecular complexity index is 586. The van der Waals surface area contributed by atoms with Gasteiger partial charge in [0, 0.05) is 45.7 Å². The van der Waals surface area contributed by atoms with E-state index in [0.29, 0.717) is 12.0 Å². The molecule has 26 heavy (non-hydrogen) atoms. The molecule has 1 fully saturated rings. The summed E-state index contributed by atoms with van der Waals surface area (Å²) in [6.45, 7) is 10.9. The quantitative estimate of drug-likeness (QED) is 0.369. The number of nitrogens with zero attached hydrogens (tertiary/aromatic N) is 5. The highest BCUT2D eigenvalue weighted by atomic mass is 127. The van der Waals surface area contributed by atoms with E-state index in [1.807, 2.05) is 18.7 Å². The molecule has 1 saturated heterocycles. The molecule has 2 aliphatic rings. The number of morpholine rings is 1. The van der Waals surface area contributed by atoms with Gasteiger partial charge in [0.2, 0.25) is 0 Å². The second-order valence-corrected chi connectivity index (χ2v) is 7.11. The molecule has 0 amide bonds. The number of hydrogen-bond donors (Lipinski definition) is 2. The highest BCUT2D eigenvalue weighted by Crippen LogP contribution is 2.12. The molecule has 2 unspecified atom stereocenters. The summed E-state index contributed by atoms with van der Waals surface area (Å²) in [6.07, 6.45) is 2.02. The molecule has 3 heterocycles. The summed E-state index contributed by atoms with van der Waals surface area (Å²) in [5.41, 5.74) is 0. The van der Waals surface area contributed by atoms with Crippen molar-refractivity contribution in [3.63, 3.8) is 0 Å². The van der Waals surface area contributed by atoms with Crippen molar-refractivity contribution in [2.45, 2.75) is 39.3 Å². The van der Waals surface area contributed by atoms with Crippen molar-refractivity contribution >= 4 is 29.9 Å². The highest BCUT2D eigenvalue weighted by molar-refractivity contribution is 14.0. The Hall–Kier alpha value is -0.940. The first-order chi connectivity index (χ1) is 12.1. The minimum absolute atomic E-state index is 0. The fraction of sp³-hybridized carbons (Fsp3) is 0.824. The number of aryl methyl sites for hydroxylation is 2. The molecule has 8 nitrogen and oxygen atoms in total. The van der Waals surface area contributed by atoms with Gasteiger partial charge in [-0.2, -0.15) is 5.10 Å². The van der Waals surface area contributed by atoms with Crippen molar-refractivity contribution in [3.8, 4) is 0 Å². The summed E-state index contributed by atoms with van der Waals surface area (Å²) in [5, 5.41) is 11.5. The predicted molar refractivity (Wildman–Crippen MR) is 113 cm³/mol. The van der Waals surface area contributed by atoms with Gasteiger partial charge in [-0.25, -0.2) is 9.67 Å². The molecular formula is C17H32IN7O. The molecule has 3 rings (SSSR count). The Balaban J connectivity index is 0.00000243. The lowest BCUT2D eigenvalue weighted by Gasteiger charge is -2.30. The number of fused-ring (bicyclic) bond motifs is 1. The van der Waals surface area contributed by atoms with Gasteiger partial charge in [0.25, 0.3) is 0 Å². The van der Waals surface area contributed by atoms with Gasteiger partial charge in [-0.05, 0) is 19.3 Å². The van der Waals surface area contributed by atoms with Crippen molar-refractivity contribution in [1.29, 1.82) is 0 Å². The molecule has 2 atom stereocenters. The van der Waals surface area contributed by atoms with Gasteiger partial charge in [-0.15, -0.1) is 24.0 Å². The van der Waals surface area contributed by atoms with Crippen LogP contribution in [-0.4, -0.2) is 78.1 Å². The van der Waals surface area contributed by atoms with Gasteiger partial charge in [0.05, 0.1) is 19.8 Å². The number of aliphatic imine (C=N–C) groups is 1. The van der Waals surface area contributed by atoms with Crippen molar-refractivity contribution < 1.29 is 4.74 Å². The molecule has 0 aromatic carbocycles. The van der Waals surface area contributed by atoms with Crippen molar-refractivity contribution in [2.75, 3.05) is 46.4 Å². The number of hydrogen-bond acceptors (Lipinski definition) is 5. The number of halogens is 1. The minimum Gasteiger partial charge on any atom is -0.379 e. The Kier molecular flexibility index (Phi) is 8.55. The van der Waals surface area contributed by atoms with E-state index in [4.69, 9.17) is 4.74 Å². The molecule has 0 spiro atoms. The minimum atomic E-state index is 0. The summed E-state index contributed by atoms with van der Waals surface area (Å²) >= 11 is 0. The predicted octanol–water partition coefficient (Wildman–Crippen LogP) is 0.653. The maximum Gasteiger partial charge on any atom is 0.191 e. The van der Waals surface area contributed by atoms with Gasteiger partial charge in [-0.1, -0.05) is 6.92 Å². The lowest BCUT2D eigenvalue weighted by molar-refractivity contribution is 0.0320. The van der Waals surface area contributed by atoms with Crippen molar-refractivity contribution in [3.05, 3.63) is 11.6 Å². The van der Waals surface area contributed by atoms with E-state index < -0.39 is 0 Å². The van der Waals surface area contributed by atoms with Crippen molar-refractivity contribution in [2.24, 2.45) is 10.9 Å². The average molecular weight is 477 g/mol. The first-order valence-electron chi connectivity index (χ1n) is 9.31. The molecule has 0 radical (unpaired) electrons. The number of guanidine groups is 1. The fourth-order valence-electron chi connectivity index (χ4n) is 3.50. The van der Waals surface area contributed by atoms with Crippen LogP contribution >= 0.6 is 24.0 Å². The van der Waals surface area contributed by atoms with Gasteiger partial charge < -0.3 is 15.4 Å². The molecule has 0 saturated carbocycles. The van der Waals surface area contributed by atoms with Crippen LogP contribution in [0.5, 0.6) is 0 Å². The molecular weight excluding hydrogens is 445 g/mol. The average Bonchev–Trinajstić information content (AvgIpc) is 2.98. The Morgan fingerprint density at radius 1 is 1.38 bits per heavy atom. The standard InChI is InChI=1S/C17H31N7O.HI/c1-13(11-23-6-8-25-9-7-23)10-19-17(18-3)21-15-4-5-16-20-14(2)22-24(16)12-15;/h13,15H,4-12H2,1-3H3,(H2,18,19,21);1H. The Labute approximate surface area is 173 Å². The summed E-state index contributed by atoms with van der Waals surface area (Å²) in [7, 11) is 1.83. The first-order valence-corrected chi connectivity index (χ1v) is 9.31. The molecule has 2 N–H and O–H groups in total. The van der Waals surface area contributed by atoms with Crippen LogP contribution in [-0.2, 0) is 17.7 Å². The zero-order valence-corrected chi connectivity index (χ0v) is 18.4. The fourth-order valence-corrected chi connectivity index (χ4v) is 3.50. The Morgan fingerprint density at radius 3 is 2.88 bits per heavy atom. The highest BCUT2D eigenvalue weighted by Gasteiger charge is 2.22. The van der Waals surface area contributed by atoms with E-state index in [1.165, 1.54) is 0 Å². The number of ether oxygens (including phenoxy) is 1. The van der Waals surface area contributed by atoms with Gasteiger partial charge >= 0.3 is 0 Å². The molecule has 0 aliphatic carbocycles. The smallest absolute Gasteiger partial charge is 0.191 e. The topological polar surface area (TPSA) is 79.6 Å². The van der Waals surface area contributed by atoms with Crippen LogP contribution in [0.3, 0.4) is 0 Å². The summed E-state index contributed by atoms with van der Waals surface area (Å²) < 4.78 is 7.43. The van der Waals surface area contributed by atoms with Crippen LogP contribution in [0, 0.1) is 12.8 Å². The second-order valence-electron chi connectivity index (χ2n) is 7.11. The third-order valence-corrected chi connectivity index (χ3v) is 4.82. The van der Waals surface area contributed by atoms with Crippen LogP contribution in [0.1, 0.15) is 25.0 Å². The van der Waals surface area contributed by atoms with E-state index >= 15 is 0 Å². The first kappa shape index (κ1) is 21.4. The van der Waals surface area contributed by atoms with E-state index in [2.05, 4.69) is 37.5 Å². The second kappa shape index (κ2) is 10.4. The monoisotopic (exact) mass is 477 g/mol. The Morgan fingerprint density at radius 2 is 2.15 bits per heavy atom. The van der Waals surface area contributed by atoms with Crippen LogP contribution in [0.15, 0.2) is 4.99 Å². The summed E-state index contributed by atoms with van der Waals surface area (Å²) in [5.74, 6) is 3.39. The van der Waals surface area contributed by atoms with Gasteiger partial charge in [0.15, 0.2) is 5.96 Å². The normalized spacial score (nSPS) is 22.3. The van der Waals surface area contributed by atoms with Crippen LogP contribution in [0.2, 0.25) is 0 Å².